The van der Waals surface area contributed by atoms with Crippen LogP contribution < -0.4 is 10.9 Å². The smallest absolute Gasteiger partial charge is 0.262 e. The second kappa shape index (κ2) is 9.70. The van der Waals surface area contributed by atoms with Crippen LogP contribution in [0.2, 0.25) is 0 Å². The van der Waals surface area contributed by atoms with E-state index in [-0.39, 0.29) is 23.9 Å². The van der Waals surface area contributed by atoms with Crippen LogP contribution in [-0.2, 0) is 16.1 Å². The predicted octanol–water partition coefficient (Wildman–Crippen LogP) is 2.04. The molecule has 8 nitrogen and oxygen atoms in total. The van der Waals surface area contributed by atoms with Gasteiger partial charge in [-0.05, 0) is 37.2 Å². The lowest BCUT2D eigenvalue weighted by Gasteiger charge is -2.35. The summed E-state index contributed by atoms with van der Waals surface area (Å²) in [5.41, 5.74) is 0.331. The molecule has 2 amide bonds. The van der Waals surface area contributed by atoms with Crippen molar-refractivity contribution in [1.29, 1.82) is 0 Å². The van der Waals surface area contributed by atoms with Crippen LogP contribution in [0.5, 0.6) is 0 Å². The third-order valence-electron chi connectivity index (χ3n) is 5.46. The maximum absolute atomic E-state index is 13.0. The van der Waals surface area contributed by atoms with Crippen LogP contribution in [0.25, 0.3) is 10.2 Å². The van der Waals surface area contributed by atoms with Gasteiger partial charge in [0, 0.05) is 33.4 Å². The van der Waals surface area contributed by atoms with Gasteiger partial charge in [0.05, 0.1) is 16.6 Å². The van der Waals surface area contributed by atoms with Gasteiger partial charge in [0.2, 0.25) is 5.91 Å². The lowest BCUT2D eigenvalue weighted by molar-refractivity contribution is -0.134. The van der Waals surface area contributed by atoms with Crippen molar-refractivity contribution in [1.82, 2.24) is 19.8 Å². The molecule has 30 heavy (non-hydrogen) atoms. The number of amides is 2. The number of carbonyl (C=O) groups excluding carboxylic acids is 2. The first kappa shape index (κ1) is 22.4. The van der Waals surface area contributed by atoms with E-state index in [2.05, 4.69) is 24.1 Å². The Morgan fingerprint density at radius 2 is 2.00 bits per heavy atom. The van der Waals surface area contributed by atoms with Crippen LogP contribution in [0.4, 0.5) is 0 Å². The van der Waals surface area contributed by atoms with Crippen LogP contribution in [-0.4, -0.2) is 59.6 Å². The van der Waals surface area contributed by atoms with Crippen LogP contribution in [0.3, 0.4) is 0 Å². The van der Waals surface area contributed by atoms with Gasteiger partial charge in [-0.3, -0.25) is 19.0 Å². The summed E-state index contributed by atoms with van der Waals surface area (Å²) in [6.07, 6.45) is 3.24. The largest absolute Gasteiger partial charge is 0.385 e. The number of thiophene rings is 1. The maximum atomic E-state index is 13.0. The quantitative estimate of drug-likeness (QED) is 0.673. The van der Waals surface area contributed by atoms with Gasteiger partial charge in [-0.15, -0.1) is 11.3 Å². The first-order chi connectivity index (χ1) is 14.3. The Balaban J connectivity index is 1.78. The molecule has 3 rings (SSSR count). The number of methoxy groups -OCH3 is 1. The maximum Gasteiger partial charge on any atom is 0.262 e. The van der Waals surface area contributed by atoms with Crippen molar-refractivity contribution in [2.24, 2.45) is 11.8 Å². The zero-order valence-electron chi connectivity index (χ0n) is 18.1. The van der Waals surface area contributed by atoms with E-state index in [9.17, 15) is 14.4 Å². The van der Waals surface area contributed by atoms with Crippen molar-refractivity contribution in [2.45, 2.75) is 40.2 Å². The SMILES string of the molecule is COCCCNC(=O)c1sc2ncn(CC(=O)N3C[C@@H](C)C[C@H](C)C3)c(=O)c2c1C. The Kier molecular flexibility index (Phi) is 7.25. The second-order valence-electron chi connectivity index (χ2n) is 8.26. The molecule has 164 valence electrons. The number of nitrogens with zero attached hydrogens (tertiary/aromatic N) is 3. The fourth-order valence-corrected chi connectivity index (χ4v) is 5.16. The third-order valence-corrected chi connectivity index (χ3v) is 6.66. The number of hydrogen-bond donors (Lipinski definition) is 1. The molecule has 1 aliphatic heterocycles. The number of likely N-dealkylation sites (tertiary alicyclic amines) is 1. The molecule has 1 fully saturated rings. The van der Waals surface area contributed by atoms with Gasteiger partial charge in [0.25, 0.3) is 11.5 Å². The Morgan fingerprint density at radius 3 is 2.67 bits per heavy atom. The minimum absolute atomic E-state index is 0.0327. The number of hydrogen-bond acceptors (Lipinski definition) is 6. The van der Waals surface area contributed by atoms with Crippen LogP contribution in [0.1, 0.15) is 41.9 Å². The molecule has 0 unspecified atom stereocenters. The number of nitrogens with one attached hydrogen (secondary N) is 1. The molecule has 1 N–H and O–H groups in total. The number of fused-ring (bicyclic) bond motifs is 1. The molecule has 0 bridgehead atoms. The van der Waals surface area contributed by atoms with Gasteiger partial charge < -0.3 is 15.0 Å². The molecule has 9 heteroatoms. The first-order valence-corrected chi connectivity index (χ1v) is 11.2. The highest BCUT2D eigenvalue weighted by molar-refractivity contribution is 7.20. The van der Waals surface area contributed by atoms with Gasteiger partial charge in [-0.25, -0.2) is 4.98 Å². The summed E-state index contributed by atoms with van der Waals surface area (Å²) in [5.74, 6) is 0.628. The number of piperidine rings is 1. The first-order valence-electron chi connectivity index (χ1n) is 10.3. The molecule has 1 aliphatic rings. The molecule has 3 heterocycles. The monoisotopic (exact) mass is 434 g/mol. The van der Waals surface area contributed by atoms with Crippen molar-refractivity contribution in [3.05, 3.63) is 27.1 Å². The van der Waals surface area contributed by atoms with E-state index in [0.29, 0.717) is 52.1 Å². The summed E-state index contributed by atoms with van der Waals surface area (Å²) in [6.45, 7) is 8.52. The van der Waals surface area contributed by atoms with E-state index in [1.807, 2.05) is 4.90 Å². The Bertz CT molecular complexity index is 973. The number of carbonyl (C=O) groups is 2. The third kappa shape index (κ3) is 4.89. The fraction of sp³-hybridized carbons (Fsp3) is 0.619. The number of rotatable bonds is 7. The molecule has 0 aliphatic carbocycles. The van der Waals surface area contributed by atoms with E-state index in [1.165, 1.54) is 22.2 Å². The lowest BCUT2D eigenvalue weighted by Crippen LogP contribution is -2.44. The van der Waals surface area contributed by atoms with Crippen LogP contribution in [0.15, 0.2) is 11.1 Å². The predicted molar refractivity (Wildman–Crippen MR) is 117 cm³/mol. The Labute approximate surface area is 180 Å². The summed E-state index contributed by atoms with van der Waals surface area (Å²) in [5, 5.41) is 3.26. The average Bonchev–Trinajstić information content (AvgIpc) is 3.04. The molecule has 0 spiro atoms. The van der Waals surface area contributed by atoms with Gasteiger partial charge in [0.1, 0.15) is 11.4 Å². The van der Waals surface area contributed by atoms with Crippen molar-refractivity contribution >= 4 is 33.4 Å². The van der Waals surface area contributed by atoms with E-state index in [4.69, 9.17) is 4.74 Å². The lowest BCUT2D eigenvalue weighted by atomic mass is 9.92. The van der Waals surface area contributed by atoms with Gasteiger partial charge in [-0.2, -0.15) is 0 Å². The molecular formula is C21H30N4O4S. The summed E-state index contributed by atoms with van der Waals surface area (Å²) in [4.78, 5) is 45.5. The van der Waals surface area contributed by atoms with Gasteiger partial charge >= 0.3 is 0 Å². The number of aryl methyl sites for hydroxylation is 1. The molecule has 0 radical (unpaired) electrons. The zero-order chi connectivity index (χ0) is 21.8. The molecule has 0 saturated carbocycles. The van der Waals surface area contributed by atoms with Gasteiger partial charge in [0.15, 0.2) is 0 Å². The number of aromatic nitrogens is 2. The van der Waals surface area contributed by atoms with Crippen molar-refractivity contribution in [2.75, 3.05) is 33.4 Å². The summed E-state index contributed by atoms with van der Waals surface area (Å²) < 4.78 is 6.34. The molecular weight excluding hydrogens is 404 g/mol. The highest BCUT2D eigenvalue weighted by Gasteiger charge is 2.26. The number of ether oxygens (including phenoxy) is 1. The van der Waals surface area contributed by atoms with Crippen LogP contribution >= 0.6 is 11.3 Å². The summed E-state index contributed by atoms with van der Waals surface area (Å²) in [6, 6.07) is 0. The van der Waals surface area contributed by atoms with Crippen LogP contribution in [0, 0.1) is 18.8 Å². The summed E-state index contributed by atoms with van der Waals surface area (Å²) in [7, 11) is 1.62. The van der Waals surface area contributed by atoms with Crippen molar-refractivity contribution in [3.8, 4) is 0 Å². The van der Waals surface area contributed by atoms with E-state index < -0.39 is 0 Å². The zero-order valence-corrected chi connectivity index (χ0v) is 18.9. The minimum atomic E-state index is -0.279. The van der Waals surface area contributed by atoms with Crippen molar-refractivity contribution < 1.29 is 14.3 Å². The van der Waals surface area contributed by atoms with E-state index in [0.717, 1.165) is 19.5 Å². The molecule has 2 aromatic heterocycles. The molecule has 2 aromatic rings. The molecule has 1 saturated heterocycles. The molecule has 2 atom stereocenters. The Hall–Kier alpha value is -2.26. The fourth-order valence-electron chi connectivity index (χ4n) is 4.10. The average molecular weight is 435 g/mol. The highest BCUT2D eigenvalue weighted by Crippen LogP contribution is 2.27. The van der Waals surface area contributed by atoms with Crippen molar-refractivity contribution in [3.63, 3.8) is 0 Å². The van der Waals surface area contributed by atoms with Gasteiger partial charge in [-0.1, -0.05) is 13.8 Å². The van der Waals surface area contributed by atoms with E-state index in [1.54, 1.807) is 14.0 Å². The van der Waals surface area contributed by atoms with E-state index >= 15 is 0 Å². The highest BCUT2D eigenvalue weighted by atomic mass is 32.1. The molecule has 0 aromatic carbocycles. The topological polar surface area (TPSA) is 93.5 Å². The Morgan fingerprint density at radius 1 is 1.30 bits per heavy atom. The second-order valence-corrected chi connectivity index (χ2v) is 9.26. The summed E-state index contributed by atoms with van der Waals surface area (Å²) >= 11 is 1.20. The normalized spacial score (nSPS) is 19.3. The minimum Gasteiger partial charge on any atom is -0.385 e. The standard InChI is InChI=1S/C21H30N4O4S/c1-13-8-14(2)10-24(9-13)16(26)11-25-12-23-20-17(21(25)28)15(3)18(30-20)19(27)22-6-5-7-29-4/h12-14H,5-11H2,1-4H3,(H,22,27)/t13-,14-/m0/s1.